The summed E-state index contributed by atoms with van der Waals surface area (Å²) in [5, 5.41) is 0. The van der Waals surface area contributed by atoms with Crippen molar-refractivity contribution < 1.29 is 0 Å². The van der Waals surface area contributed by atoms with Crippen molar-refractivity contribution in [3.05, 3.63) is 0 Å². The molecule has 1 aliphatic carbocycles. The monoisotopic (exact) mass is 198 g/mol. The molecule has 1 fully saturated rings. The van der Waals surface area contributed by atoms with Gasteiger partial charge in [-0.1, -0.05) is 13.3 Å². The molecule has 1 aliphatic rings. The first-order chi connectivity index (χ1) is 6.74. The molecule has 0 radical (unpaired) electrons. The van der Waals surface area contributed by atoms with Crippen LogP contribution < -0.4 is 5.73 Å². The predicted molar refractivity (Wildman–Crippen MR) is 62.3 cm³/mol. The summed E-state index contributed by atoms with van der Waals surface area (Å²) in [5.74, 6) is 0.815. The van der Waals surface area contributed by atoms with Crippen LogP contribution in [0, 0.1) is 5.92 Å². The maximum atomic E-state index is 5.53. The number of hydrogen-bond acceptors (Lipinski definition) is 2. The van der Waals surface area contributed by atoms with Gasteiger partial charge in [-0.2, -0.15) is 0 Å². The minimum atomic E-state index is 0.815. The Morgan fingerprint density at radius 3 is 2.57 bits per heavy atom. The lowest BCUT2D eigenvalue weighted by Crippen LogP contribution is -2.37. The summed E-state index contributed by atoms with van der Waals surface area (Å²) >= 11 is 0. The Balaban J connectivity index is 1.96. The summed E-state index contributed by atoms with van der Waals surface area (Å²) in [5.41, 5.74) is 5.53. The Morgan fingerprint density at radius 2 is 2.07 bits per heavy atom. The van der Waals surface area contributed by atoms with Gasteiger partial charge in [0, 0.05) is 6.04 Å². The van der Waals surface area contributed by atoms with Gasteiger partial charge in [-0.05, 0) is 58.2 Å². The fourth-order valence-electron chi connectivity index (χ4n) is 2.13. The summed E-state index contributed by atoms with van der Waals surface area (Å²) < 4.78 is 0. The van der Waals surface area contributed by atoms with E-state index in [1.165, 1.54) is 45.1 Å². The van der Waals surface area contributed by atoms with E-state index < -0.39 is 0 Å². The Kier molecular flexibility index (Phi) is 5.49. The van der Waals surface area contributed by atoms with Crippen LogP contribution in [0.15, 0.2) is 0 Å². The lowest BCUT2D eigenvalue weighted by molar-refractivity contribution is 0.155. The molecule has 0 amide bonds. The van der Waals surface area contributed by atoms with E-state index in [9.17, 15) is 0 Å². The van der Waals surface area contributed by atoms with Crippen molar-refractivity contribution in [2.75, 3.05) is 20.1 Å². The lowest BCUT2D eigenvalue weighted by Gasteiger charge is -2.34. The van der Waals surface area contributed by atoms with Crippen LogP contribution >= 0.6 is 0 Å². The van der Waals surface area contributed by atoms with E-state index in [1.807, 2.05) is 0 Å². The number of nitrogens with two attached hydrogens (primary N) is 1. The number of hydrogen-bond donors (Lipinski definition) is 1. The molecule has 0 bridgehead atoms. The Labute approximate surface area is 88.8 Å². The standard InChI is InChI=1S/C12H26N2/c1-11(8-9-13)5-4-10-14(2)12-6-3-7-12/h11-12H,3-10,13H2,1-2H3. The fourth-order valence-corrected chi connectivity index (χ4v) is 2.13. The first-order valence-electron chi connectivity index (χ1n) is 6.14. The van der Waals surface area contributed by atoms with Crippen molar-refractivity contribution >= 4 is 0 Å². The first kappa shape index (κ1) is 12.0. The first-order valence-corrected chi connectivity index (χ1v) is 6.14. The highest BCUT2D eigenvalue weighted by Gasteiger charge is 2.21. The molecule has 0 aromatic rings. The molecule has 2 N–H and O–H groups in total. The molecule has 0 spiro atoms. The molecule has 14 heavy (non-hydrogen) atoms. The third kappa shape index (κ3) is 3.97. The van der Waals surface area contributed by atoms with Crippen molar-refractivity contribution in [2.45, 2.75) is 51.5 Å². The molecule has 2 nitrogen and oxygen atoms in total. The van der Waals surface area contributed by atoms with Gasteiger partial charge in [0.25, 0.3) is 0 Å². The van der Waals surface area contributed by atoms with E-state index in [4.69, 9.17) is 5.73 Å². The second-order valence-electron chi connectivity index (χ2n) is 4.89. The average molecular weight is 198 g/mol. The minimum Gasteiger partial charge on any atom is -0.330 e. The SMILES string of the molecule is CC(CCN)CCCN(C)C1CCC1. The topological polar surface area (TPSA) is 29.3 Å². The maximum Gasteiger partial charge on any atom is 0.00922 e. The zero-order chi connectivity index (χ0) is 10.4. The second kappa shape index (κ2) is 6.41. The van der Waals surface area contributed by atoms with Gasteiger partial charge >= 0.3 is 0 Å². The molecular weight excluding hydrogens is 172 g/mol. The fraction of sp³-hybridized carbons (Fsp3) is 1.00. The third-order valence-electron chi connectivity index (χ3n) is 3.57. The molecular formula is C12H26N2. The van der Waals surface area contributed by atoms with Crippen LogP contribution in [0.4, 0.5) is 0 Å². The van der Waals surface area contributed by atoms with Gasteiger partial charge in [0.1, 0.15) is 0 Å². The molecule has 0 saturated heterocycles. The number of rotatable bonds is 7. The zero-order valence-electron chi connectivity index (χ0n) is 9.84. The second-order valence-corrected chi connectivity index (χ2v) is 4.89. The van der Waals surface area contributed by atoms with Crippen LogP contribution in [0.1, 0.15) is 45.4 Å². The summed E-state index contributed by atoms with van der Waals surface area (Å²) in [6.45, 7) is 4.44. The van der Waals surface area contributed by atoms with Crippen molar-refractivity contribution in [3.8, 4) is 0 Å². The Morgan fingerprint density at radius 1 is 1.36 bits per heavy atom. The van der Waals surface area contributed by atoms with Gasteiger partial charge in [-0.3, -0.25) is 0 Å². The minimum absolute atomic E-state index is 0.815. The predicted octanol–water partition coefficient (Wildman–Crippen LogP) is 2.24. The molecule has 84 valence electrons. The van der Waals surface area contributed by atoms with E-state index in [0.29, 0.717) is 0 Å². The van der Waals surface area contributed by atoms with Crippen LogP contribution in [-0.2, 0) is 0 Å². The zero-order valence-corrected chi connectivity index (χ0v) is 9.84. The third-order valence-corrected chi connectivity index (χ3v) is 3.57. The van der Waals surface area contributed by atoms with Gasteiger partial charge in [0.05, 0.1) is 0 Å². The van der Waals surface area contributed by atoms with Crippen molar-refractivity contribution in [1.29, 1.82) is 0 Å². The Bertz CT molecular complexity index is 143. The molecule has 1 saturated carbocycles. The lowest BCUT2D eigenvalue weighted by atomic mass is 9.91. The normalized spacial score (nSPS) is 19.7. The van der Waals surface area contributed by atoms with Crippen LogP contribution in [0.25, 0.3) is 0 Å². The van der Waals surface area contributed by atoms with Crippen LogP contribution in [-0.4, -0.2) is 31.1 Å². The highest BCUT2D eigenvalue weighted by atomic mass is 15.1. The van der Waals surface area contributed by atoms with Crippen LogP contribution in [0.5, 0.6) is 0 Å². The molecule has 0 heterocycles. The van der Waals surface area contributed by atoms with Crippen LogP contribution in [0.3, 0.4) is 0 Å². The largest absolute Gasteiger partial charge is 0.330 e. The van der Waals surface area contributed by atoms with Gasteiger partial charge in [0.15, 0.2) is 0 Å². The summed E-state index contributed by atoms with van der Waals surface area (Å²) in [6, 6.07) is 0.903. The van der Waals surface area contributed by atoms with E-state index in [2.05, 4.69) is 18.9 Å². The molecule has 0 aromatic carbocycles. The van der Waals surface area contributed by atoms with Crippen molar-refractivity contribution in [1.82, 2.24) is 4.90 Å². The van der Waals surface area contributed by atoms with E-state index in [1.54, 1.807) is 0 Å². The Hall–Kier alpha value is -0.0800. The molecule has 1 atom stereocenters. The molecule has 2 heteroatoms. The van der Waals surface area contributed by atoms with E-state index in [0.717, 1.165) is 18.5 Å². The highest BCUT2D eigenvalue weighted by molar-refractivity contribution is 4.77. The highest BCUT2D eigenvalue weighted by Crippen LogP contribution is 2.23. The van der Waals surface area contributed by atoms with Gasteiger partial charge in [0.2, 0.25) is 0 Å². The molecule has 1 unspecified atom stereocenters. The van der Waals surface area contributed by atoms with E-state index >= 15 is 0 Å². The molecule has 0 aliphatic heterocycles. The maximum absolute atomic E-state index is 5.53. The quantitative estimate of drug-likeness (QED) is 0.680. The summed E-state index contributed by atoms with van der Waals surface area (Å²) in [7, 11) is 2.28. The van der Waals surface area contributed by atoms with Crippen molar-refractivity contribution in [3.63, 3.8) is 0 Å². The summed E-state index contributed by atoms with van der Waals surface area (Å²) in [6.07, 6.45) is 8.16. The van der Waals surface area contributed by atoms with Gasteiger partial charge in [-0.25, -0.2) is 0 Å². The van der Waals surface area contributed by atoms with Gasteiger partial charge < -0.3 is 10.6 Å². The van der Waals surface area contributed by atoms with Crippen molar-refractivity contribution in [2.24, 2.45) is 11.7 Å². The summed E-state index contributed by atoms with van der Waals surface area (Å²) in [4.78, 5) is 2.54. The van der Waals surface area contributed by atoms with Gasteiger partial charge in [-0.15, -0.1) is 0 Å². The smallest absolute Gasteiger partial charge is 0.00922 e. The molecule has 1 rings (SSSR count). The molecule has 0 aromatic heterocycles. The van der Waals surface area contributed by atoms with Crippen LogP contribution in [0.2, 0.25) is 0 Å². The number of nitrogens with zero attached hydrogens (tertiary/aromatic N) is 1. The average Bonchev–Trinajstić information content (AvgIpc) is 2.01. The van der Waals surface area contributed by atoms with E-state index in [-0.39, 0.29) is 0 Å².